The van der Waals surface area contributed by atoms with Gasteiger partial charge in [-0.15, -0.1) is 0 Å². The molecule has 1 aromatic rings. The first-order chi connectivity index (χ1) is 8.34. The zero-order chi connectivity index (χ0) is 13.8. The minimum atomic E-state index is -3.35. The highest BCUT2D eigenvalue weighted by molar-refractivity contribution is 7.90. The van der Waals surface area contributed by atoms with E-state index in [4.69, 9.17) is 15.6 Å². The molecule has 0 heterocycles. The second-order valence-corrected chi connectivity index (χ2v) is 5.78. The average molecular weight is 273 g/mol. The first-order valence-corrected chi connectivity index (χ1v) is 7.13. The number of carboxylic acid groups (broad SMARTS) is 1. The molecule has 0 saturated carbocycles. The Kier molecular flexibility index (Phi) is 4.69. The summed E-state index contributed by atoms with van der Waals surface area (Å²) in [5.74, 6) is -0.941. The molecule has 1 atom stereocenters. The van der Waals surface area contributed by atoms with E-state index in [1.165, 1.54) is 24.3 Å². The molecule has 0 radical (unpaired) electrons. The summed E-state index contributed by atoms with van der Waals surface area (Å²) in [6.07, 6.45) is 0.142. The van der Waals surface area contributed by atoms with Gasteiger partial charge in [0.1, 0.15) is 5.75 Å². The molecule has 3 N–H and O–H groups in total. The van der Waals surface area contributed by atoms with Crippen LogP contribution in [0.2, 0.25) is 0 Å². The van der Waals surface area contributed by atoms with Gasteiger partial charge >= 0.3 is 5.97 Å². The SMILES string of the molecule is CS(=O)(=O)c1cccc(OC(CCN)C(=O)O)c1. The summed E-state index contributed by atoms with van der Waals surface area (Å²) >= 11 is 0. The van der Waals surface area contributed by atoms with E-state index in [2.05, 4.69) is 0 Å². The number of nitrogens with two attached hydrogens (primary N) is 1. The fourth-order valence-electron chi connectivity index (χ4n) is 1.33. The molecule has 100 valence electrons. The summed E-state index contributed by atoms with van der Waals surface area (Å²) in [7, 11) is -3.35. The number of hydrogen-bond acceptors (Lipinski definition) is 5. The van der Waals surface area contributed by atoms with E-state index < -0.39 is 21.9 Å². The summed E-state index contributed by atoms with van der Waals surface area (Å²) in [5.41, 5.74) is 5.28. The Balaban J connectivity index is 2.94. The van der Waals surface area contributed by atoms with Gasteiger partial charge in [0.15, 0.2) is 15.9 Å². The molecular formula is C11H15NO5S. The minimum absolute atomic E-state index is 0.0805. The van der Waals surface area contributed by atoms with Crippen LogP contribution in [0.5, 0.6) is 5.75 Å². The van der Waals surface area contributed by atoms with Gasteiger partial charge in [0.05, 0.1) is 4.90 Å². The highest BCUT2D eigenvalue weighted by Crippen LogP contribution is 2.19. The smallest absolute Gasteiger partial charge is 0.344 e. The molecule has 0 aromatic heterocycles. The van der Waals surface area contributed by atoms with Crippen molar-refractivity contribution in [2.24, 2.45) is 5.73 Å². The highest BCUT2D eigenvalue weighted by Gasteiger charge is 2.19. The Hall–Kier alpha value is -1.60. The van der Waals surface area contributed by atoms with Crippen molar-refractivity contribution >= 4 is 15.8 Å². The molecule has 0 bridgehead atoms. The Bertz CT molecular complexity index is 526. The molecule has 1 unspecified atom stereocenters. The second kappa shape index (κ2) is 5.83. The monoisotopic (exact) mass is 273 g/mol. The van der Waals surface area contributed by atoms with Crippen LogP contribution in [0.15, 0.2) is 29.2 Å². The number of carbonyl (C=O) groups is 1. The molecule has 18 heavy (non-hydrogen) atoms. The van der Waals surface area contributed by atoms with Gasteiger partial charge in [0.25, 0.3) is 0 Å². The first-order valence-electron chi connectivity index (χ1n) is 5.24. The number of hydrogen-bond donors (Lipinski definition) is 2. The van der Waals surface area contributed by atoms with Crippen LogP contribution in [-0.2, 0) is 14.6 Å². The lowest BCUT2D eigenvalue weighted by Gasteiger charge is -2.14. The van der Waals surface area contributed by atoms with Gasteiger partial charge < -0.3 is 15.6 Å². The van der Waals surface area contributed by atoms with Gasteiger partial charge in [-0.3, -0.25) is 0 Å². The molecular weight excluding hydrogens is 258 g/mol. The standard InChI is InChI=1S/C11H15NO5S/c1-18(15,16)9-4-2-3-8(7-9)17-10(5-6-12)11(13)14/h2-4,7,10H,5-6,12H2,1H3,(H,13,14). The van der Waals surface area contributed by atoms with Crippen LogP contribution in [-0.4, -0.2) is 38.4 Å². The average Bonchev–Trinajstić information content (AvgIpc) is 2.27. The first kappa shape index (κ1) is 14.5. The van der Waals surface area contributed by atoms with Crippen molar-refractivity contribution < 1.29 is 23.1 Å². The molecule has 0 aliphatic heterocycles. The normalized spacial score (nSPS) is 13.0. The zero-order valence-corrected chi connectivity index (χ0v) is 10.7. The van der Waals surface area contributed by atoms with E-state index in [0.717, 1.165) is 6.26 Å². The fourth-order valence-corrected chi connectivity index (χ4v) is 1.98. The topological polar surface area (TPSA) is 107 Å². The highest BCUT2D eigenvalue weighted by atomic mass is 32.2. The number of rotatable bonds is 6. The summed E-state index contributed by atoms with van der Waals surface area (Å²) in [6, 6.07) is 5.71. The Morgan fingerprint density at radius 1 is 1.50 bits per heavy atom. The van der Waals surface area contributed by atoms with E-state index >= 15 is 0 Å². The van der Waals surface area contributed by atoms with E-state index in [9.17, 15) is 13.2 Å². The van der Waals surface area contributed by atoms with Crippen LogP contribution in [0, 0.1) is 0 Å². The lowest BCUT2D eigenvalue weighted by molar-refractivity contribution is -0.145. The molecule has 0 fully saturated rings. The van der Waals surface area contributed by atoms with Gasteiger partial charge in [-0.1, -0.05) is 6.07 Å². The largest absolute Gasteiger partial charge is 0.479 e. The molecule has 0 saturated heterocycles. The Morgan fingerprint density at radius 3 is 2.67 bits per heavy atom. The Labute approximate surface area is 105 Å². The van der Waals surface area contributed by atoms with E-state index in [0.29, 0.717) is 0 Å². The van der Waals surface area contributed by atoms with E-state index in [-0.39, 0.29) is 23.6 Å². The summed E-state index contributed by atoms with van der Waals surface area (Å²) in [4.78, 5) is 11.0. The number of benzene rings is 1. The van der Waals surface area contributed by atoms with Crippen molar-refractivity contribution in [1.29, 1.82) is 0 Å². The van der Waals surface area contributed by atoms with Crippen molar-refractivity contribution in [3.8, 4) is 5.75 Å². The van der Waals surface area contributed by atoms with Gasteiger partial charge in [-0.25, -0.2) is 13.2 Å². The van der Waals surface area contributed by atoms with Crippen molar-refractivity contribution in [1.82, 2.24) is 0 Å². The number of sulfone groups is 1. The zero-order valence-electron chi connectivity index (χ0n) is 9.87. The maximum absolute atomic E-state index is 11.3. The van der Waals surface area contributed by atoms with Crippen molar-refractivity contribution in [2.75, 3.05) is 12.8 Å². The lowest BCUT2D eigenvalue weighted by atomic mass is 10.2. The van der Waals surface area contributed by atoms with Crippen LogP contribution in [0.25, 0.3) is 0 Å². The maximum Gasteiger partial charge on any atom is 0.344 e. The third-order valence-electron chi connectivity index (χ3n) is 2.22. The van der Waals surface area contributed by atoms with Crippen molar-refractivity contribution in [2.45, 2.75) is 17.4 Å². The molecule has 0 amide bonds. The minimum Gasteiger partial charge on any atom is -0.479 e. The summed E-state index contributed by atoms with van der Waals surface area (Å²) in [6.45, 7) is 0.169. The predicted molar refractivity (Wildman–Crippen MR) is 65.3 cm³/mol. The predicted octanol–water partition coefficient (Wildman–Crippen LogP) is 0.271. The van der Waals surface area contributed by atoms with E-state index in [1.807, 2.05) is 0 Å². The van der Waals surface area contributed by atoms with Gasteiger partial charge in [-0.05, 0) is 24.7 Å². The third-order valence-corrected chi connectivity index (χ3v) is 3.33. The van der Waals surface area contributed by atoms with Gasteiger partial charge in [0, 0.05) is 12.7 Å². The molecule has 0 aliphatic rings. The maximum atomic E-state index is 11.3. The van der Waals surface area contributed by atoms with Gasteiger partial charge in [0.2, 0.25) is 0 Å². The fraction of sp³-hybridized carbons (Fsp3) is 0.364. The third kappa shape index (κ3) is 4.01. The van der Waals surface area contributed by atoms with Gasteiger partial charge in [-0.2, -0.15) is 0 Å². The lowest BCUT2D eigenvalue weighted by Crippen LogP contribution is -2.29. The van der Waals surface area contributed by atoms with Crippen LogP contribution < -0.4 is 10.5 Å². The quantitative estimate of drug-likeness (QED) is 0.770. The van der Waals surface area contributed by atoms with Crippen molar-refractivity contribution in [3.63, 3.8) is 0 Å². The van der Waals surface area contributed by atoms with E-state index in [1.54, 1.807) is 0 Å². The van der Waals surface area contributed by atoms with Crippen LogP contribution in [0.3, 0.4) is 0 Å². The number of carboxylic acids is 1. The molecule has 6 nitrogen and oxygen atoms in total. The molecule has 1 aromatic carbocycles. The van der Waals surface area contributed by atoms with Crippen molar-refractivity contribution in [3.05, 3.63) is 24.3 Å². The molecule has 1 rings (SSSR count). The second-order valence-electron chi connectivity index (χ2n) is 3.77. The summed E-state index contributed by atoms with van der Waals surface area (Å²) in [5, 5.41) is 8.90. The number of aliphatic carboxylic acids is 1. The molecule has 0 spiro atoms. The van der Waals surface area contributed by atoms with Crippen LogP contribution >= 0.6 is 0 Å². The molecule has 7 heteroatoms. The summed E-state index contributed by atoms with van der Waals surface area (Å²) < 4.78 is 27.9. The molecule has 0 aliphatic carbocycles. The number of ether oxygens (including phenoxy) is 1. The Morgan fingerprint density at radius 2 is 2.17 bits per heavy atom. The van der Waals surface area contributed by atoms with Crippen LogP contribution in [0.1, 0.15) is 6.42 Å². The van der Waals surface area contributed by atoms with Crippen LogP contribution in [0.4, 0.5) is 0 Å².